The molecule has 1 heterocycles. The average Bonchev–Trinajstić information content (AvgIpc) is 3.57. The molecule has 0 amide bonds. The van der Waals surface area contributed by atoms with Crippen molar-refractivity contribution in [3.05, 3.63) is 83.2 Å². The van der Waals surface area contributed by atoms with Crippen LogP contribution in [0.4, 0.5) is 11.6 Å². The van der Waals surface area contributed by atoms with E-state index in [0.29, 0.717) is 25.1 Å². The number of hydrogen-bond acceptors (Lipinski definition) is 6. The monoisotopic (exact) mass is 374 g/mol. The van der Waals surface area contributed by atoms with E-state index in [0.717, 1.165) is 22.5 Å². The smallest absolute Gasteiger partial charge is 0.227 e. The standard InChI is InChI=1S/C22H26N6/c23-13-15-1-5-17(6-2-15)21(26-18-9-10-18)20-11-12-25-22(28-20)27-19-7-3-16(14-24)4-8-19/h1-8,11-12,18,21,26H,9-10,13-14,23-24H2,(H,25,27,28). The summed E-state index contributed by atoms with van der Waals surface area (Å²) in [5, 5.41) is 6.99. The highest BCUT2D eigenvalue weighted by atomic mass is 15.1. The van der Waals surface area contributed by atoms with Crippen LogP contribution < -0.4 is 22.1 Å². The third kappa shape index (κ3) is 4.54. The molecule has 6 N–H and O–H groups in total. The van der Waals surface area contributed by atoms with Gasteiger partial charge in [0.2, 0.25) is 5.95 Å². The van der Waals surface area contributed by atoms with E-state index in [1.54, 1.807) is 6.20 Å². The molecule has 1 aromatic heterocycles. The van der Waals surface area contributed by atoms with Crippen molar-refractivity contribution in [2.24, 2.45) is 11.5 Å². The van der Waals surface area contributed by atoms with E-state index in [1.165, 1.54) is 18.4 Å². The summed E-state index contributed by atoms with van der Waals surface area (Å²) in [7, 11) is 0. The largest absolute Gasteiger partial charge is 0.326 e. The number of aromatic nitrogens is 2. The number of nitrogens with one attached hydrogen (secondary N) is 2. The van der Waals surface area contributed by atoms with Crippen LogP contribution in [0, 0.1) is 0 Å². The molecule has 3 aromatic rings. The maximum absolute atomic E-state index is 5.74. The van der Waals surface area contributed by atoms with Crippen LogP contribution in [0.2, 0.25) is 0 Å². The van der Waals surface area contributed by atoms with Crippen molar-refractivity contribution in [1.82, 2.24) is 15.3 Å². The van der Waals surface area contributed by atoms with E-state index in [2.05, 4.69) is 39.9 Å². The van der Waals surface area contributed by atoms with Crippen LogP contribution in [0.5, 0.6) is 0 Å². The Balaban J connectivity index is 1.58. The molecule has 0 saturated heterocycles. The highest BCUT2D eigenvalue weighted by molar-refractivity contribution is 5.53. The van der Waals surface area contributed by atoms with Gasteiger partial charge in [-0.05, 0) is 47.7 Å². The normalized spacial score (nSPS) is 14.6. The van der Waals surface area contributed by atoms with Crippen molar-refractivity contribution in [2.45, 2.75) is 38.0 Å². The topological polar surface area (TPSA) is 102 Å². The van der Waals surface area contributed by atoms with Gasteiger partial charge in [0.1, 0.15) is 0 Å². The van der Waals surface area contributed by atoms with E-state index in [4.69, 9.17) is 16.5 Å². The van der Waals surface area contributed by atoms with Crippen LogP contribution in [0.15, 0.2) is 60.8 Å². The molecule has 0 radical (unpaired) electrons. The molecule has 1 aliphatic carbocycles. The van der Waals surface area contributed by atoms with Crippen LogP contribution in [0.3, 0.4) is 0 Å². The van der Waals surface area contributed by atoms with Crippen molar-refractivity contribution in [3.8, 4) is 0 Å². The van der Waals surface area contributed by atoms with Crippen molar-refractivity contribution in [2.75, 3.05) is 5.32 Å². The molecule has 6 heteroatoms. The predicted octanol–water partition coefficient (Wildman–Crippen LogP) is 2.98. The first-order valence-corrected chi connectivity index (χ1v) is 9.69. The number of benzene rings is 2. The first-order valence-electron chi connectivity index (χ1n) is 9.69. The van der Waals surface area contributed by atoms with Gasteiger partial charge in [0.15, 0.2) is 0 Å². The summed E-state index contributed by atoms with van der Waals surface area (Å²) in [5.41, 5.74) is 16.7. The minimum Gasteiger partial charge on any atom is -0.326 e. The lowest BCUT2D eigenvalue weighted by molar-refractivity contribution is 0.587. The second-order valence-corrected chi connectivity index (χ2v) is 7.15. The SMILES string of the molecule is NCc1ccc(Nc2nccc(C(NC3CC3)c3ccc(CN)cc3)n2)cc1. The summed E-state index contributed by atoms with van der Waals surface area (Å²) in [6, 6.07) is 19.0. The summed E-state index contributed by atoms with van der Waals surface area (Å²) in [5.74, 6) is 0.583. The zero-order valence-electron chi connectivity index (χ0n) is 15.8. The summed E-state index contributed by atoms with van der Waals surface area (Å²) in [4.78, 5) is 9.16. The molecule has 144 valence electrons. The predicted molar refractivity (Wildman–Crippen MR) is 112 cm³/mol. The van der Waals surface area contributed by atoms with Gasteiger partial charge >= 0.3 is 0 Å². The van der Waals surface area contributed by atoms with E-state index >= 15 is 0 Å². The van der Waals surface area contributed by atoms with Crippen molar-refractivity contribution < 1.29 is 0 Å². The van der Waals surface area contributed by atoms with Gasteiger partial charge in [-0.1, -0.05) is 36.4 Å². The molecule has 0 aliphatic heterocycles. The Labute approximate surface area is 165 Å². The minimum absolute atomic E-state index is 0.0301. The average molecular weight is 374 g/mol. The highest BCUT2D eigenvalue weighted by Gasteiger charge is 2.27. The second-order valence-electron chi connectivity index (χ2n) is 7.15. The van der Waals surface area contributed by atoms with Gasteiger partial charge < -0.3 is 22.1 Å². The Morgan fingerprint density at radius 2 is 1.54 bits per heavy atom. The maximum Gasteiger partial charge on any atom is 0.227 e. The number of rotatable bonds is 8. The Hall–Kier alpha value is -2.80. The van der Waals surface area contributed by atoms with Crippen molar-refractivity contribution >= 4 is 11.6 Å². The lowest BCUT2D eigenvalue weighted by atomic mass is 10.0. The lowest BCUT2D eigenvalue weighted by Gasteiger charge is -2.19. The van der Waals surface area contributed by atoms with E-state index in [-0.39, 0.29) is 6.04 Å². The number of nitrogens with zero attached hydrogens (tertiary/aromatic N) is 2. The van der Waals surface area contributed by atoms with Crippen LogP contribution in [-0.2, 0) is 13.1 Å². The second kappa shape index (κ2) is 8.48. The first-order chi connectivity index (χ1) is 13.7. The summed E-state index contributed by atoms with van der Waals surface area (Å²) in [6.07, 6.45) is 4.22. The lowest BCUT2D eigenvalue weighted by Crippen LogP contribution is -2.25. The van der Waals surface area contributed by atoms with E-state index < -0.39 is 0 Å². The fraction of sp³-hybridized carbons (Fsp3) is 0.273. The Morgan fingerprint density at radius 3 is 2.14 bits per heavy atom. The Kier molecular flexibility index (Phi) is 5.62. The fourth-order valence-corrected chi connectivity index (χ4v) is 3.13. The van der Waals surface area contributed by atoms with Gasteiger partial charge in [-0.25, -0.2) is 9.97 Å². The molecule has 1 unspecified atom stereocenters. The van der Waals surface area contributed by atoms with Crippen LogP contribution in [0.1, 0.15) is 41.3 Å². The Morgan fingerprint density at radius 1 is 0.893 bits per heavy atom. The molecule has 6 nitrogen and oxygen atoms in total. The van der Waals surface area contributed by atoms with E-state index in [1.807, 2.05) is 30.3 Å². The third-order valence-corrected chi connectivity index (χ3v) is 4.95. The van der Waals surface area contributed by atoms with Gasteiger partial charge in [-0.3, -0.25) is 0 Å². The van der Waals surface area contributed by atoms with Gasteiger partial charge in [0.05, 0.1) is 11.7 Å². The summed E-state index contributed by atoms with van der Waals surface area (Å²) in [6.45, 7) is 1.08. The van der Waals surface area contributed by atoms with Crippen LogP contribution >= 0.6 is 0 Å². The van der Waals surface area contributed by atoms with Gasteiger partial charge in [-0.2, -0.15) is 0 Å². The molecule has 0 bridgehead atoms. The van der Waals surface area contributed by atoms with Crippen LogP contribution in [0.25, 0.3) is 0 Å². The van der Waals surface area contributed by atoms with Crippen molar-refractivity contribution in [1.29, 1.82) is 0 Å². The highest BCUT2D eigenvalue weighted by Crippen LogP contribution is 2.28. The molecule has 2 aromatic carbocycles. The van der Waals surface area contributed by atoms with Gasteiger partial charge in [0.25, 0.3) is 0 Å². The molecule has 0 spiro atoms. The molecule has 1 aliphatic rings. The maximum atomic E-state index is 5.74. The van der Waals surface area contributed by atoms with Crippen molar-refractivity contribution in [3.63, 3.8) is 0 Å². The molecule has 4 rings (SSSR count). The molecule has 1 saturated carbocycles. The van der Waals surface area contributed by atoms with E-state index in [9.17, 15) is 0 Å². The van der Waals surface area contributed by atoms with Gasteiger partial charge in [-0.15, -0.1) is 0 Å². The molecule has 1 atom stereocenters. The third-order valence-electron chi connectivity index (χ3n) is 4.95. The minimum atomic E-state index is 0.0301. The zero-order valence-corrected chi connectivity index (χ0v) is 15.8. The molecular weight excluding hydrogens is 348 g/mol. The Bertz CT molecular complexity index is 903. The number of hydrogen-bond donors (Lipinski definition) is 4. The zero-order chi connectivity index (χ0) is 19.3. The quantitative estimate of drug-likeness (QED) is 0.483. The fourth-order valence-electron chi connectivity index (χ4n) is 3.13. The molecule has 28 heavy (non-hydrogen) atoms. The molecule has 1 fully saturated rings. The van der Waals surface area contributed by atoms with Gasteiger partial charge in [0, 0.05) is 31.0 Å². The summed E-state index contributed by atoms with van der Waals surface area (Å²) < 4.78 is 0. The molecular formula is C22H26N6. The number of nitrogens with two attached hydrogens (primary N) is 2. The number of anilines is 2. The summed E-state index contributed by atoms with van der Waals surface area (Å²) >= 11 is 0. The van der Waals surface area contributed by atoms with Crippen LogP contribution in [-0.4, -0.2) is 16.0 Å². The first kappa shape index (κ1) is 18.6.